The molecule has 3 aliphatic rings. The van der Waals surface area contributed by atoms with Gasteiger partial charge in [0.2, 0.25) is 16.9 Å². The fourth-order valence-electron chi connectivity index (χ4n) is 3.96. The molecule has 11 heteroatoms. The van der Waals surface area contributed by atoms with E-state index in [9.17, 15) is 18.4 Å². The quantitative estimate of drug-likeness (QED) is 0.502. The van der Waals surface area contributed by atoms with Gasteiger partial charge in [0.05, 0.1) is 6.61 Å². The zero-order valence-electron chi connectivity index (χ0n) is 18.8. The predicted octanol–water partition coefficient (Wildman–Crippen LogP) is 3.78. The van der Waals surface area contributed by atoms with E-state index in [1.54, 1.807) is 19.2 Å². The molecule has 1 aliphatic heterocycles. The van der Waals surface area contributed by atoms with Crippen molar-refractivity contribution in [3.05, 3.63) is 28.8 Å². The van der Waals surface area contributed by atoms with Crippen molar-refractivity contribution >= 4 is 28.3 Å². The second kappa shape index (κ2) is 9.44. The minimum atomic E-state index is -2.95. The maximum atomic E-state index is 12.8. The number of hydrogen-bond acceptors (Lipinski definition) is 7. The summed E-state index contributed by atoms with van der Waals surface area (Å²) in [6.07, 6.45) is 4.59. The van der Waals surface area contributed by atoms with Gasteiger partial charge in [-0.05, 0) is 49.3 Å². The SMILES string of the molecule is CN(C(=O)CN1C[C@@H](c2ccc(OC(F)F)c(OCC3CC3)c2)CC1=O)c1nnc(C2CC2)s1. The van der Waals surface area contributed by atoms with Gasteiger partial charge in [-0.25, -0.2) is 0 Å². The molecule has 1 aromatic carbocycles. The number of rotatable bonds is 10. The predicted molar refractivity (Wildman–Crippen MR) is 121 cm³/mol. The van der Waals surface area contributed by atoms with Gasteiger partial charge in [0.15, 0.2) is 11.5 Å². The molecular weight excluding hydrogens is 466 g/mol. The molecule has 2 amide bonds. The first-order valence-corrected chi connectivity index (χ1v) is 12.3. The maximum Gasteiger partial charge on any atom is 0.387 e. The highest BCUT2D eigenvalue weighted by molar-refractivity contribution is 7.15. The second-order valence-corrected chi connectivity index (χ2v) is 10.2. The molecule has 0 unspecified atom stereocenters. The van der Waals surface area contributed by atoms with Crippen LogP contribution in [0.15, 0.2) is 18.2 Å². The highest BCUT2D eigenvalue weighted by Gasteiger charge is 2.34. The van der Waals surface area contributed by atoms with E-state index in [-0.39, 0.29) is 42.2 Å². The third-order valence-corrected chi connectivity index (χ3v) is 7.55. The number of benzene rings is 1. The standard InChI is InChI=1S/C23H26F2N4O4S/c1-28(23-27-26-21(34-23)14-4-5-14)20(31)11-29-10-16(9-19(29)30)15-6-7-17(33-22(24)25)18(8-15)32-12-13-2-3-13/h6-8,13-14,16,22H,2-5,9-12H2,1H3/t16-/m0/s1. The van der Waals surface area contributed by atoms with Crippen LogP contribution in [0.25, 0.3) is 0 Å². The van der Waals surface area contributed by atoms with E-state index in [1.807, 2.05) is 0 Å². The summed E-state index contributed by atoms with van der Waals surface area (Å²) < 4.78 is 36.0. The molecule has 2 aliphatic carbocycles. The molecule has 182 valence electrons. The number of carbonyl (C=O) groups is 2. The number of aromatic nitrogens is 2. The Labute approximate surface area is 199 Å². The number of halogens is 2. The van der Waals surface area contributed by atoms with E-state index < -0.39 is 6.61 Å². The van der Waals surface area contributed by atoms with E-state index in [0.29, 0.717) is 30.1 Å². The van der Waals surface area contributed by atoms with Crippen molar-refractivity contribution in [1.82, 2.24) is 15.1 Å². The van der Waals surface area contributed by atoms with Crippen molar-refractivity contribution in [2.24, 2.45) is 5.92 Å². The Bertz CT molecular complexity index is 1070. The van der Waals surface area contributed by atoms with Crippen LogP contribution in [-0.2, 0) is 9.59 Å². The lowest BCUT2D eigenvalue weighted by atomic mass is 9.98. The number of hydrogen-bond donors (Lipinski definition) is 0. The first-order valence-electron chi connectivity index (χ1n) is 11.5. The van der Waals surface area contributed by atoms with E-state index in [4.69, 9.17) is 4.74 Å². The van der Waals surface area contributed by atoms with Crippen molar-refractivity contribution in [3.8, 4) is 11.5 Å². The van der Waals surface area contributed by atoms with Crippen molar-refractivity contribution < 1.29 is 27.8 Å². The molecule has 0 N–H and O–H groups in total. The number of likely N-dealkylation sites (N-methyl/N-ethyl adjacent to an activating group) is 1. The monoisotopic (exact) mass is 492 g/mol. The van der Waals surface area contributed by atoms with Gasteiger partial charge in [-0.15, -0.1) is 10.2 Å². The lowest BCUT2D eigenvalue weighted by Crippen LogP contribution is -2.39. The van der Waals surface area contributed by atoms with Crippen LogP contribution in [0.2, 0.25) is 0 Å². The highest BCUT2D eigenvalue weighted by Crippen LogP contribution is 2.42. The van der Waals surface area contributed by atoms with Crippen molar-refractivity contribution in [3.63, 3.8) is 0 Å². The van der Waals surface area contributed by atoms with Crippen molar-refractivity contribution in [1.29, 1.82) is 0 Å². The molecular formula is C23H26F2N4O4S. The largest absolute Gasteiger partial charge is 0.489 e. The third kappa shape index (κ3) is 5.29. The summed E-state index contributed by atoms with van der Waals surface area (Å²) in [5.41, 5.74) is 0.794. The van der Waals surface area contributed by atoms with E-state index in [2.05, 4.69) is 14.9 Å². The summed E-state index contributed by atoms with van der Waals surface area (Å²) >= 11 is 1.41. The lowest BCUT2D eigenvalue weighted by Gasteiger charge is -2.20. The van der Waals surface area contributed by atoms with Crippen LogP contribution in [0.5, 0.6) is 11.5 Å². The lowest BCUT2D eigenvalue weighted by molar-refractivity contribution is -0.132. The number of likely N-dealkylation sites (tertiary alicyclic amines) is 1. The third-order valence-electron chi connectivity index (χ3n) is 6.38. The van der Waals surface area contributed by atoms with Gasteiger partial charge < -0.3 is 14.4 Å². The first-order chi connectivity index (χ1) is 16.4. The minimum Gasteiger partial charge on any atom is -0.489 e. The van der Waals surface area contributed by atoms with Gasteiger partial charge in [-0.2, -0.15) is 8.78 Å². The Morgan fingerprint density at radius 1 is 1.21 bits per heavy atom. The van der Waals surface area contributed by atoms with E-state index in [0.717, 1.165) is 36.3 Å². The molecule has 5 rings (SSSR count). The summed E-state index contributed by atoms with van der Waals surface area (Å²) in [7, 11) is 1.64. The topological polar surface area (TPSA) is 84.9 Å². The van der Waals surface area contributed by atoms with E-state index in [1.165, 1.54) is 27.2 Å². The molecule has 2 saturated carbocycles. The van der Waals surface area contributed by atoms with Crippen molar-refractivity contribution in [2.45, 2.75) is 50.6 Å². The molecule has 34 heavy (non-hydrogen) atoms. The van der Waals surface area contributed by atoms with Gasteiger partial charge in [-0.1, -0.05) is 17.4 Å². The van der Waals surface area contributed by atoms with Gasteiger partial charge in [0.25, 0.3) is 0 Å². The van der Waals surface area contributed by atoms with Crippen LogP contribution >= 0.6 is 11.3 Å². The molecule has 1 aromatic heterocycles. The number of alkyl halides is 2. The molecule has 1 saturated heterocycles. The van der Waals surface area contributed by atoms with Gasteiger partial charge in [-0.3, -0.25) is 14.5 Å². The molecule has 8 nitrogen and oxygen atoms in total. The zero-order chi connectivity index (χ0) is 23.8. The number of anilines is 1. The Morgan fingerprint density at radius 2 is 2.00 bits per heavy atom. The van der Waals surface area contributed by atoms with Crippen LogP contribution in [0, 0.1) is 5.92 Å². The fourth-order valence-corrected chi connectivity index (χ4v) is 4.95. The average Bonchev–Trinajstić information content (AvgIpc) is 3.74. The summed E-state index contributed by atoms with van der Waals surface area (Å²) in [5.74, 6) is 0.624. The Morgan fingerprint density at radius 3 is 2.71 bits per heavy atom. The molecule has 3 fully saturated rings. The highest BCUT2D eigenvalue weighted by atomic mass is 32.1. The molecule has 2 heterocycles. The summed E-state index contributed by atoms with van der Waals surface area (Å²) in [5, 5.41) is 9.77. The van der Waals surface area contributed by atoms with Crippen molar-refractivity contribution in [2.75, 3.05) is 31.6 Å². The molecule has 0 spiro atoms. The van der Waals surface area contributed by atoms with Crippen LogP contribution in [0.1, 0.15) is 54.5 Å². The smallest absolute Gasteiger partial charge is 0.387 e. The first kappa shape index (κ1) is 22.9. The molecule has 2 aromatic rings. The molecule has 1 atom stereocenters. The van der Waals surface area contributed by atoms with Gasteiger partial charge >= 0.3 is 6.61 Å². The molecule has 0 radical (unpaired) electrons. The van der Waals surface area contributed by atoms with Gasteiger partial charge in [0.1, 0.15) is 11.6 Å². The van der Waals surface area contributed by atoms with Crippen LogP contribution < -0.4 is 14.4 Å². The number of nitrogens with zero attached hydrogens (tertiary/aromatic N) is 4. The number of ether oxygens (including phenoxy) is 2. The van der Waals surface area contributed by atoms with Crippen LogP contribution in [-0.4, -0.2) is 60.3 Å². The fraction of sp³-hybridized carbons (Fsp3) is 0.565. The number of amides is 2. The normalized spacial score (nSPS) is 20.2. The summed E-state index contributed by atoms with van der Waals surface area (Å²) in [6, 6.07) is 4.82. The number of carbonyl (C=O) groups excluding carboxylic acids is 2. The van der Waals surface area contributed by atoms with E-state index >= 15 is 0 Å². The zero-order valence-corrected chi connectivity index (χ0v) is 19.6. The Kier molecular flexibility index (Phi) is 6.37. The Hall–Kier alpha value is -2.82. The van der Waals surface area contributed by atoms with Crippen LogP contribution in [0.3, 0.4) is 0 Å². The summed E-state index contributed by atoms with van der Waals surface area (Å²) in [4.78, 5) is 28.4. The minimum absolute atomic E-state index is 0.0139. The maximum absolute atomic E-state index is 12.8. The Balaban J connectivity index is 1.23. The van der Waals surface area contributed by atoms with Gasteiger partial charge in [0, 0.05) is 31.8 Å². The van der Waals surface area contributed by atoms with Crippen LogP contribution in [0.4, 0.5) is 13.9 Å². The summed E-state index contributed by atoms with van der Waals surface area (Å²) in [6.45, 7) is -2.19. The second-order valence-electron chi connectivity index (χ2n) is 9.16. The molecule has 0 bridgehead atoms. The average molecular weight is 493 g/mol.